The van der Waals surface area contributed by atoms with E-state index >= 15 is 0 Å². The van der Waals surface area contributed by atoms with Gasteiger partial charge in [-0.1, -0.05) is 0 Å². The van der Waals surface area contributed by atoms with Crippen molar-refractivity contribution in [2.75, 3.05) is 6.61 Å². The molecule has 54 valence electrons. The van der Waals surface area contributed by atoms with Crippen molar-refractivity contribution >= 4 is 0 Å². The second kappa shape index (κ2) is 2.09. The first-order valence-electron chi connectivity index (χ1n) is 3.45. The summed E-state index contributed by atoms with van der Waals surface area (Å²) in [7, 11) is 0. The molecule has 2 rings (SSSR count). The first kappa shape index (κ1) is 5.92. The second-order valence-corrected chi connectivity index (χ2v) is 2.58. The number of nitrogens with zero attached hydrogens (tertiary/aromatic N) is 2. The van der Waals surface area contributed by atoms with Gasteiger partial charge in [0.1, 0.15) is 5.82 Å². The molecule has 3 heteroatoms. The van der Waals surface area contributed by atoms with Gasteiger partial charge in [-0.25, -0.2) is 4.98 Å². The van der Waals surface area contributed by atoms with E-state index in [1.807, 2.05) is 19.3 Å². The molecule has 0 saturated carbocycles. The number of epoxide rings is 1. The van der Waals surface area contributed by atoms with Crippen LogP contribution in [-0.4, -0.2) is 22.3 Å². The number of hydrogen-bond acceptors (Lipinski definition) is 2. The molecular weight excluding hydrogens is 128 g/mol. The molecule has 1 fully saturated rings. The van der Waals surface area contributed by atoms with Gasteiger partial charge < -0.3 is 9.30 Å². The number of aryl methyl sites for hydroxylation is 1. The van der Waals surface area contributed by atoms with Gasteiger partial charge in [0.05, 0.1) is 19.3 Å². The Bertz CT molecular complexity index is 227. The van der Waals surface area contributed by atoms with Crippen molar-refractivity contribution in [1.29, 1.82) is 0 Å². The van der Waals surface area contributed by atoms with Crippen molar-refractivity contribution in [3.8, 4) is 0 Å². The van der Waals surface area contributed by atoms with Crippen molar-refractivity contribution in [3.05, 3.63) is 18.2 Å². The molecule has 2 heterocycles. The van der Waals surface area contributed by atoms with E-state index in [9.17, 15) is 0 Å². The Kier molecular flexibility index (Phi) is 1.24. The van der Waals surface area contributed by atoms with Crippen molar-refractivity contribution < 1.29 is 4.74 Å². The summed E-state index contributed by atoms with van der Waals surface area (Å²) in [5, 5.41) is 0. The molecule has 1 aliphatic heterocycles. The fourth-order valence-corrected chi connectivity index (χ4v) is 0.990. The molecule has 0 aliphatic carbocycles. The summed E-state index contributed by atoms with van der Waals surface area (Å²) in [4.78, 5) is 4.10. The quantitative estimate of drug-likeness (QED) is 0.560. The van der Waals surface area contributed by atoms with E-state index in [0.717, 1.165) is 19.0 Å². The van der Waals surface area contributed by atoms with Crippen LogP contribution in [0.1, 0.15) is 5.82 Å². The molecule has 10 heavy (non-hydrogen) atoms. The summed E-state index contributed by atoms with van der Waals surface area (Å²) in [5.41, 5.74) is 0. The Morgan fingerprint density at radius 1 is 1.90 bits per heavy atom. The van der Waals surface area contributed by atoms with Gasteiger partial charge in [0.15, 0.2) is 0 Å². The third-order valence-electron chi connectivity index (χ3n) is 1.73. The average Bonchev–Trinajstić information content (AvgIpc) is 2.62. The summed E-state index contributed by atoms with van der Waals surface area (Å²) < 4.78 is 7.20. The summed E-state index contributed by atoms with van der Waals surface area (Å²) in [5.74, 6) is 1.07. The van der Waals surface area contributed by atoms with Crippen LogP contribution in [-0.2, 0) is 11.3 Å². The van der Waals surface area contributed by atoms with Crippen LogP contribution < -0.4 is 0 Å². The van der Waals surface area contributed by atoms with Gasteiger partial charge in [-0.2, -0.15) is 0 Å². The molecule has 1 saturated heterocycles. The van der Waals surface area contributed by atoms with Gasteiger partial charge in [0.2, 0.25) is 0 Å². The molecule has 1 atom stereocenters. The lowest BCUT2D eigenvalue weighted by Gasteiger charge is -1.99. The molecule has 1 aromatic rings. The van der Waals surface area contributed by atoms with E-state index in [0.29, 0.717) is 6.10 Å². The maximum Gasteiger partial charge on any atom is 0.105 e. The van der Waals surface area contributed by atoms with E-state index in [-0.39, 0.29) is 0 Å². The Morgan fingerprint density at radius 2 is 2.70 bits per heavy atom. The van der Waals surface area contributed by atoms with Crippen molar-refractivity contribution in [3.63, 3.8) is 0 Å². The zero-order valence-electron chi connectivity index (χ0n) is 5.95. The van der Waals surface area contributed by atoms with Crippen LogP contribution in [0.15, 0.2) is 12.4 Å². The van der Waals surface area contributed by atoms with Crippen LogP contribution in [0.3, 0.4) is 0 Å². The first-order chi connectivity index (χ1) is 4.86. The largest absolute Gasteiger partial charge is 0.371 e. The van der Waals surface area contributed by atoms with Gasteiger partial charge in [-0.3, -0.25) is 0 Å². The van der Waals surface area contributed by atoms with E-state index in [2.05, 4.69) is 9.55 Å². The lowest BCUT2D eigenvalue weighted by Crippen LogP contribution is -2.04. The van der Waals surface area contributed by atoms with Crippen LogP contribution in [0.4, 0.5) is 0 Å². The summed E-state index contributed by atoms with van der Waals surface area (Å²) >= 11 is 0. The smallest absolute Gasteiger partial charge is 0.105 e. The summed E-state index contributed by atoms with van der Waals surface area (Å²) in [6.07, 6.45) is 4.25. The molecule has 3 nitrogen and oxygen atoms in total. The molecule has 0 bridgehead atoms. The average molecular weight is 138 g/mol. The lowest BCUT2D eigenvalue weighted by molar-refractivity contribution is 0.381. The number of rotatable bonds is 2. The molecule has 0 unspecified atom stereocenters. The normalized spacial score (nSPS) is 23.1. The van der Waals surface area contributed by atoms with Crippen LogP contribution in [0.5, 0.6) is 0 Å². The van der Waals surface area contributed by atoms with Gasteiger partial charge in [-0.05, 0) is 6.92 Å². The number of aromatic nitrogens is 2. The molecule has 0 spiro atoms. The standard InChI is InChI=1S/C7H10N2O/c1-6-8-2-3-9(6)4-7-5-10-7/h2-3,7H,4-5H2,1H3/t7-/m1/s1. The molecular formula is C7H10N2O. The topological polar surface area (TPSA) is 30.4 Å². The monoisotopic (exact) mass is 138 g/mol. The van der Waals surface area contributed by atoms with Crippen molar-refractivity contribution in [1.82, 2.24) is 9.55 Å². The third-order valence-corrected chi connectivity index (χ3v) is 1.73. The second-order valence-electron chi connectivity index (χ2n) is 2.58. The molecule has 0 radical (unpaired) electrons. The first-order valence-corrected chi connectivity index (χ1v) is 3.45. The Morgan fingerprint density at radius 3 is 3.20 bits per heavy atom. The lowest BCUT2D eigenvalue weighted by atomic mass is 10.4. The molecule has 0 N–H and O–H groups in total. The Balaban J connectivity index is 2.08. The molecule has 0 amide bonds. The minimum atomic E-state index is 0.452. The molecule has 1 aliphatic rings. The van der Waals surface area contributed by atoms with Crippen molar-refractivity contribution in [2.24, 2.45) is 0 Å². The zero-order valence-corrected chi connectivity index (χ0v) is 5.95. The fraction of sp³-hybridized carbons (Fsp3) is 0.571. The number of ether oxygens (including phenoxy) is 1. The highest BCUT2D eigenvalue weighted by Crippen LogP contribution is 2.12. The minimum absolute atomic E-state index is 0.452. The van der Waals surface area contributed by atoms with E-state index in [1.165, 1.54) is 0 Å². The molecule has 1 aromatic heterocycles. The van der Waals surface area contributed by atoms with Crippen molar-refractivity contribution in [2.45, 2.75) is 19.6 Å². The highest BCUT2D eigenvalue weighted by molar-refractivity contribution is 4.90. The number of hydrogen-bond donors (Lipinski definition) is 0. The predicted octanol–water partition coefficient (Wildman–Crippen LogP) is 0.590. The summed E-state index contributed by atoms with van der Waals surface area (Å²) in [6.45, 7) is 3.88. The highest BCUT2D eigenvalue weighted by Gasteiger charge is 2.22. The van der Waals surface area contributed by atoms with Gasteiger partial charge in [0.25, 0.3) is 0 Å². The Hall–Kier alpha value is -0.830. The SMILES string of the molecule is Cc1nccn1C[C@@H]1CO1. The van der Waals surface area contributed by atoms with E-state index in [1.54, 1.807) is 0 Å². The summed E-state index contributed by atoms with van der Waals surface area (Å²) in [6, 6.07) is 0. The fourth-order valence-electron chi connectivity index (χ4n) is 0.990. The third kappa shape index (κ3) is 1.04. The van der Waals surface area contributed by atoms with Crippen LogP contribution in [0, 0.1) is 6.92 Å². The molecule has 0 aromatic carbocycles. The van der Waals surface area contributed by atoms with Crippen LogP contribution in [0.25, 0.3) is 0 Å². The predicted molar refractivity (Wildman–Crippen MR) is 36.7 cm³/mol. The Labute approximate surface area is 59.6 Å². The maximum atomic E-state index is 5.09. The van der Waals surface area contributed by atoms with E-state index in [4.69, 9.17) is 4.74 Å². The zero-order chi connectivity index (χ0) is 6.97. The van der Waals surface area contributed by atoms with Gasteiger partial charge in [0, 0.05) is 12.4 Å². The van der Waals surface area contributed by atoms with Gasteiger partial charge in [-0.15, -0.1) is 0 Å². The van der Waals surface area contributed by atoms with Gasteiger partial charge >= 0.3 is 0 Å². The minimum Gasteiger partial charge on any atom is -0.371 e. The maximum absolute atomic E-state index is 5.09. The highest BCUT2D eigenvalue weighted by atomic mass is 16.6. The van der Waals surface area contributed by atoms with Crippen LogP contribution >= 0.6 is 0 Å². The van der Waals surface area contributed by atoms with E-state index < -0.39 is 0 Å². The van der Waals surface area contributed by atoms with Crippen LogP contribution in [0.2, 0.25) is 0 Å². The number of imidazole rings is 1.